The molecule has 2 aliphatic rings. The van der Waals surface area contributed by atoms with Gasteiger partial charge >= 0.3 is 0 Å². The molecule has 0 N–H and O–H groups in total. The van der Waals surface area contributed by atoms with E-state index in [0.717, 1.165) is 48.9 Å². The second kappa shape index (κ2) is 8.66. The van der Waals surface area contributed by atoms with Crippen molar-refractivity contribution in [3.8, 4) is 0 Å². The molecular weight excluding hydrogens is 388 g/mol. The van der Waals surface area contributed by atoms with Crippen LogP contribution in [-0.4, -0.2) is 34.7 Å². The van der Waals surface area contributed by atoms with Gasteiger partial charge in [0.2, 0.25) is 5.91 Å². The fourth-order valence-electron chi connectivity index (χ4n) is 4.90. The Morgan fingerprint density at radius 3 is 2.71 bits per heavy atom. The van der Waals surface area contributed by atoms with E-state index in [2.05, 4.69) is 11.1 Å². The molecule has 1 aliphatic heterocycles. The first-order valence-corrected chi connectivity index (χ1v) is 11.5. The van der Waals surface area contributed by atoms with Crippen LogP contribution in [0.3, 0.4) is 0 Å². The number of carbonyl (C=O) groups excluding carboxylic acids is 2. The van der Waals surface area contributed by atoms with Crippen LogP contribution in [0.5, 0.6) is 0 Å². The third-order valence-electron chi connectivity index (χ3n) is 6.67. The lowest BCUT2D eigenvalue weighted by molar-refractivity contribution is -0.132. The van der Waals surface area contributed by atoms with Gasteiger partial charge in [0.05, 0.1) is 5.92 Å². The third kappa shape index (κ3) is 4.27. The largest absolute Gasteiger partial charge is 0.440 e. The first kappa shape index (κ1) is 20.0. The number of aryl methyl sites for hydroxylation is 2. The highest BCUT2D eigenvalue weighted by atomic mass is 16.3. The molecule has 1 saturated heterocycles. The second-order valence-corrected chi connectivity index (χ2v) is 8.81. The lowest BCUT2D eigenvalue weighted by atomic mass is 9.89. The molecule has 1 fully saturated rings. The Balaban J connectivity index is 1.19. The van der Waals surface area contributed by atoms with Crippen LogP contribution >= 0.6 is 0 Å². The summed E-state index contributed by atoms with van der Waals surface area (Å²) in [5, 5.41) is 0. The summed E-state index contributed by atoms with van der Waals surface area (Å²) in [7, 11) is 0. The van der Waals surface area contributed by atoms with Gasteiger partial charge in [-0.2, -0.15) is 0 Å². The number of ketones is 1. The third-order valence-corrected chi connectivity index (χ3v) is 6.67. The summed E-state index contributed by atoms with van der Waals surface area (Å²) in [6.07, 6.45) is 7.00. The molecule has 0 saturated carbocycles. The minimum Gasteiger partial charge on any atom is -0.440 e. The summed E-state index contributed by atoms with van der Waals surface area (Å²) < 4.78 is 5.93. The van der Waals surface area contributed by atoms with Gasteiger partial charge < -0.3 is 9.32 Å². The molecule has 0 radical (unpaired) electrons. The van der Waals surface area contributed by atoms with E-state index >= 15 is 0 Å². The fraction of sp³-hybridized carbons (Fsp3) is 0.423. The van der Waals surface area contributed by atoms with Gasteiger partial charge in [-0.25, -0.2) is 4.98 Å². The Morgan fingerprint density at radius 1 is 1.00 bits per heavy atom. The van der Waals surface area contributed by atoms with E-state index in [9.17, 15) is 9.59 Å². The number of aromatic nitrogens is 1. The quantitative estimate of drug-likeness (QED) is 0.545. The zero-order chi connectivity index (χ0) is 21.2. The normalized spacial score (nSPS) is 18.7. The molecule has 31 heavy (non-hydrogen) atoms. The number of para-hydroxylation sites is 2. The number of oxazole rings is 1. The summed E-state index contributed by atoms with van der Waals surface area (Å²) in [6.45, 7) is 1.35. The topological polar surface area (TPSA) is 63.4 Å². The summed E-state index contributed by atoms with van der Waals surface area (Å²) >= 11 is 0. The average Bonchev–Trinajstić information content (AvgIpc) is 3.26. The number of carbonyl (C=O) groups is 2. The molecule has 1 atom stereocenters. The number of fused-ring (bicyclic) bond motifs is 2. The maximum atomic E-state index is 12.8. The first-order chi connectivity index (χ1) is 15.2. The van der Waals surface area contributed by atoms with Crippen LogP contribution in [-0.2, 0) is 17.6 Å². The Morgan fingerprint density at radius 2 is 1.84 bits per heavy atom. The molecule has 1 unspecified atom stereocenters. The summed E-state index contributed by atoms with van der Waals surface area (Å²) in [5.74, 6) is 0.937. The van der Waals surface area contributed by atoms with Crippen molar-refractivity contribution in [2.75, 3.05) is 13.1 Å². The Hall–Kier alpha value is -2.95. The minimum atomic E-state index is 0.0483. The number of rotatable bonds is 5. The van der Waals surface area contributed by atoms with Gasteiger partial charge in [-0.1, -0.05) is 24.3 Å². The number of likely N-dealkylation sites (tertiary alicyclic amines) is 1. The highest BCUT2D eigenvalue weighted by Crippen LogP contribution is 2.29. The van der Waals surface area contributed by atoms with Crippen molar-refractivity contribution in [3.63, 3.8) is 0 Å². The predicted molar refractivity (Wildman–Crippen MR) is 119 cm³/mol. The lowest BCUT2D eigenvalue weighted by Gasteiger charge is -2.31. The van der Waals surface area contributed by atoms with Crippen molar-refractivity contribution in [1.29, 1.82) is 0 Å². The van der Waals surface area contributed by atoms with Crippen LogP contribution in [0.25, 0.3) is 11.1 Å². The fourth-order valence-corrected chi connectivity index (χ4v) is 4.90. The van der Waals surface area contributed by atoms with Gasteiger partial charge in [-0.05, 0) is 67.9 Å². The van der Waals surface area contributed by atoms with Crippen LogP contribution in [0.4, 0.5) is 0 Å². The summed E-state index contributed by atoms with van der Waals surface area (Å²) in [4.78, 5) is 32.0. The standard InChI is InChI=1S/C26H28N2O3/c29-23(20-12-11-18-6-1-2-7-19(18)16-20)13-14-25(30)28-15-5-8-21(17-28)26-27-22-9-3-4-10-24(22)31-26/h3-4,9-12,16,21H,1-2,5-8,13-15,17H2. The molecule has 5 heteroatoms. The molecular formula is C26H28N2O3. The maximum absolute atomic E-state index is 12.8. The molecule has 3 aromatic rings. The molecule has 5 nitrogen and oxygen atoms in total. The predicted octanol–water partition coefficient (Wildman–Crippen LogP) is 5.08. The Bertz CT molecular complexity index is 1080. The molecule has 5 rings (SSSR count). The molecule has 0 bridgehead atoms. The molecule has 0 spiro atoms. The van der Waals surface area contributed by atoms with E-state index in [1.807, 2.05) is 41.3 Å². The number of amides is 1. The van der Waals surface area contributed by atoms with Crippen LogP contribution < -0.4 is 0 Å². The molecule has 1 amide bonds. The van der Waals surface area contributed by atoms with Gasteiger partial charge in [0, 0.05) is 31.5 Å². The number of hydrogen-bond donors (Lipinski definition) is 0. The van der Waals surface area contributed by atoms with E-state index in [0.29, 0.717) is 12.4 Å². The van der Waals surface area contributed by atoms with Crippen molar-refractivity contribution < 1.29 is 14.0 Å². The van der Waals surface area contributed by atoms with Gasteiger partial charge in [0.15, 0.2) is 17.3 Å². The molecule has 1 aliphatic carbocycles. The first-order valence-electron chi connectivity index (χ1n) is 11.5. The Kier molecular flexibility index (Phi) is 5.58. The van der Waals surface area contributed by atoms with Crippen molar-refractivity contribution >= 4 is 22.8 Å². The van der Waals surface area contributed by atoms with Crippen molar-refractivity contribution in [1.82, 2.24) is 9.88 Å². The summed E-state index contributed by atoms with van der Waals surface area (Å²) in [5.41, 5.74) is 5.07. The van der Waals surface area contributed by atoms with Gasteiger partial charge in [0.1, 0.15) is 5.52 Å². The monoisotopic (exact) mass is 416 g/mol. The number of benzene rings is 2. The molecule has 1 aromatic heterocycles. The summed E-state index contributed by atoms with van der Waals surface area (Å²) in [6, 6.07) is 13.8. The number of hydrogen-bond acceptors (Lipinski definition) is 4. The van der Waals surface area contributed by atoms with Crippen LogP contribution in [0, 0.1) is 0 Å². The minimum absolute atomic E-state index is 0.0483. The lowest BCUT2D eigenvalue weighted by Crippen LogP contribution is -2.39. The number of nitrogens with zero attached hydrogens (tertiary/aromatic N) is 2. The van der Waals surface area contributed by atoms with E-state index in [-0.39, 0.29) is 30.4 Å². The van der Waals surface area contributed by atoms with E-state index in [1.165, 1.54) is 24.0 Å². The van der Waals surface area contributed by atoms with Crippen molar-refractivity contribution in [3.05, 3.63) is 65.0 Å². The highest BCUT2D eigenvalue weighted by molar-refractivity contribution is 5.98. The second-order valence-electron chi connectivity index (χ2n) is 8.81. The van der Waals surface area contributed by atoms with Crippen LogP contribution in [0.15, 0.2) is 46.9 Å². The molecule has 160 valence electrons. The van der Waals surface area contributed by atoms with Crippen LogP contribution in [0.1, 0.15) is 71.8 Å². The SMILES string of the molecule is O=C(CCC(=O)N1CCCC(c2nc3ccccc3o2)C1)c1ccc2c(c1)CCCC2. The number of Topliss-reactive ketones (excluding diaryl/α,β-unsaturated/α-hetero) is 1. The molecule has 2 aromatic carbocycles. The van der Waals surface area contributed by atoms with Crippen molar-refractivity contribution in [2.45, 2.75) is 57.3 Å². The molecule has 2 heterocycles. The van der Waals surface area contributed by atoms with Crippen molar-refractivity contribution in [2.24, 2.45) is 0 Å². The van der Waals surface area contributed by atoms with E-state index < -0.39 is 0 Å². The average molecular weight is 417 g/mol. The zero-order valence-corrected chi connectivity index (χ0v) is 17.8. The Labute approximate surface area is 182 Å². The van der Waals surface area contributed by atoms with Gasteiger partial charge in [0.25, 0.3) is 0 Å². The highest BCUT2D eigenvalue weighted by Gasteiger charge is 2.28. The van der Waals surface area contributed by atoms with E-state index in [1.54, 1.807) is 0 Å². The maximum Gasteiger partial charge on any atom is 0.223 e. The van der Waals surface area contributed by atoms with Crippen LogP contribution in [0.2, 0.25) is 0 Å². The smallest absolute Gasteiger partial charge is 0.223 e. The number of piperidine rings is 1. The van der Waals surface area contributed by atoms with Gasteiger partial charge in [-0.15, -0.1) is 0 Å². The van der Waals surface area contributed by atoms with E-state index in [4.69, 9.17) is 4.42 Å². The zero-order valence-electron chi connectivity index (χ0n) is 17.8. The van der Waals surface area contributed by atoms with Gasteiger partial charge in [-0.3, -0.25) is 9.59 Å².